The van der Waals surface area contributed by atoms with Gasteiger partial charge in [0.1, 0.15) is 12.2 Å². The van der Waals surface area contributed by atoms with Crippen molar-refractivity contribution in [3.63, 3.8) is 0 Å². The molecule has 2 aromatic rings. The predicted octanol–water partition coefficient (Wildman–Crippen LogP) is 2.44. The van der Waals surface area contributed by atoms with Crippen LogP contribution in [-0.4, -0.2) is 62.8 Å². The summed E-state index contributed by atoms with van der Waals surface area (Å²) >= 11 is 1.90. The van der Waals surface area contributed by atoms with Gasteiger partial charge in [-0.15, -0.1) is 5.10 Å². The zero-order valence-corrected chi connectivity index (χ0v) is 15.8. The fourth-order valence-electron chi connectivity index (χ4n) is 3.23. The van der Waals surface area contributed by atoms with Gasteiger partial charge in [0.25, 0.3) is 5.91 Å². The molecule has 1 atom stereocenters. The Balaban J connectivity index is 1.28. The van der Waals surface area contributed by atoms with Crippen LogP contribution in [0.4, 0.5) is 0 Å². The number of carbonyl (C=O) groups excluding carboxylic acids is 1. The molecule has 0 aromatic carbocycles. The van der Waals surface area contributed by atoms with E-state index in [2.05, 4.69) is 15.2 Å². The van der Waals surface area contributed by atoms with E-state index >= 15 is 0 Å². The lowest BCUT2D eigenvalue weighted by Crippen LogP contribution is -2.41. The lowest BCUT2D eigenvalue weighted by molar-refractivity contribution is 0.0585. The van der Waals surface area contributed by atoms with E-state index in [0.717, 1.165) is 30.8 Å². The highest BCUT2D eigenvalue weighted by molar-refractivity contribution is 7.99. The summed E-state index contributed by atoms with van der Waals surface area (Å²) < 4.78 is 11.7. The molecule has 2 aliphatic heterocycles. The second-order valence-corrected chi connectivity index (χ2v) is 7.81. The van der Waals surface area contributed by atoms with Crippen LogP contribution in [0.15, 0.2) is 36.7 Å². The Labute approximate surface area is 162 Å². The van der Waals surface area contributed by atoms with Gasteiger partial charge in [0, 0.05) is 56.2 Å². The lowest BCUT2D eigenvalue weighted by atomic mass is 10.1. The zero-order chi connectivity index (χ0) is 18.5. The van der Waals surface area contributed by atoms with E-state index in [1.54, 1.807) is 36.7 Å². The third kappa shape index (κ3) is 4.68. The first-order valence-electron chi connectivity index (χ1n) is 9.22. The fraction of sp³-hybridized carbons (Fsp3) is 0.474. The third-order valence-corrected chi connectivity index (χ3v) is 5.85. The van der Waals surface area contributed by atoms with Crippen LogP contribution in [0, 0.1) is 0 Å². The predicted molar refractivity (Wildman–Crippen MR) is 102 cm³/mol. The van der Waals surface area contributed by atoms with Gasteiger partial charge in [-0.25, -0.2) is 4.98 Å². The lowest BCUT2D eigenvalue weighted by Gasteiger charge is -2.31. The highest BCUT2D eigenvalue weighted by atomic mass is 32.2. The minimum atomic E-state index is 0.00317. The Bertz CT molecular complexity index is 745. The number of thioether (sulfide) groups is 1. The summed E-state index contributed by atoms with van der Waals surface area (Å²) in [6, 6.07) is 7.19. The minimum absolute atomic E-state index is 0.00317. The van der Waals surface area contributed by atoms with Crippen molar-refractivity contribution in [2.45, 2.75) is 31.5 Å². The van der Waals surface area contributed by atoms with E-state index in [-0.39, 0.29) is 18.1 Å². The van der Waals surface area contributed by atoms with Crippen LogP contribution in [0.3, 0.4) is 0 Å². The van der Waals surface area contributed by atoms with Gasteiger partial charge in [0.05, 0.1) is 5.56 Å². The van der Waals surface area contributed by atoms with Crippen LogP contribution >= 0.6 is 11.8 Å². The van der Waals surface area contributed by atoms with Crippen molar-refractivity contribution < 1.29 is 14.3 Å². The summed E-state index contributed by atoms with van der Waals surface area (Å²) in [4.78, 5) is 18.9. The quantitative estimate of drug-likeness (QED) is 0.781. The van der Waals surface area contributed by atoms with Crippen molar-refractivity contribution in [2.24, 2.45) is 0 Å². The number of nitrogens with zero attached hydrogens (tertiary/aromatic N) is 4. The van der Waals surface area contributed by atoms with Gasteiger partial charge < -0.3 is 14.4 Å². The van der Waals surface area contributed by atoms with E-state index in [0.29, 0.717) is 30.4 Å². The van der Waals surface area contributed by atoms with Gasteiger partial charge in [0.15, 0.2) is 0 Å². The maximum Gasteiger partial charge on any atom is 0.255 e. The van der Waals surface area contributed by atoms with Crippen molar-refractivity contribution in [1.82, 2.24) is 20.1 Å². The normalized spacial score (nSPS) is 20.4. The number of hydrogen-bond acceptors (Lipinski definition) is 7. The van der Waals surface area contributed by atoms with E-state index in [4.69, 9.17) is 9.47 Å². The van der Waals surface area contributed by atoms with Crippen molar-refractivity contribution in [3.05, 3.63) is 42.2 Å². The standard InChI is InChI=1S/C19H22N4O3S/c24-19(14-3-4-17(20-12-14)26-16-7-11-27-13-16)23-9-5-15(6-10-23)25-18-2-1-8-21-22-18/h1-4,8,12,15-16H,5-7,9-11,13H2/t16-/m0/s1. The molecule has 2 saturated heterocycles. The van der Waals surface area contributed by atoms with Crippen molar-refractivity contribution in [1.29, 1.82) is 0 Å². The average molecular weight is 386 g/mol. The molecule has 0 aliphatic carbocycles. The molecular weight excluding hydrogens is 364 g/mol. The Morgan fingerprint density at radius 3 is 2.59 bits per heavy atom. The van der Waals surface area contributed by atoms with Gasteiger partial charge in [0.2, 0.25) is 11.8 Å². The molecule has 0 N–H and O–H groups in total. The van der Waals surface area contributed by atoms with Crippen LogP contribution in [0.1, 0.15) is 29.6 Å². The Morgan fingerprint density at radius 1 is 1.07 bits per heavy atom. The topological polar surface area (TPSA) is 77.4 Å². The van der Waals surface area contributed by atoms with Gasteiger partial charge in [-0.1, -0.05) is 0 Å². The molecule has 7 nitrogen and oxygen atoms in total. The molecule has 1 amide bonds. The number of amides is 1. The number of aromatic nitrogens is 3. The number of carbonyl (C=O) groups is 1. The number of likely N-dealkylation sites (tertiary alicyclic amines) is 1. The van der Waals surface area contributed by atoms with Gasteiger partial charge >= 0.3 is 0 Å². The molecule has 4 heterocycles. The first-order chi connectivity index (χ1) is 13.3. The van der Waals surface area contributed by atoms with Gasteiger partial charge in [-0.2, -0.15) is 16.9 Å². The Morgan fingerprint density at radius 2 is 1.93 bits per heavy atom. The third-order valence-electron chi connectivity index (χ3n) is 4.72. The molecule has 0 unspecified atom stereocenters. The molecule has 2 aromatic heterocycles. The largest absolute Gasteiger partial charge is 0.473 e. The number of pyridine rings is 1. The summed E-state index contributed by atoms with van der Waals surface area (Å²) in [5.41, 5.74) is 0.594. The zero-order valence-electron chi connectivity index (χ0n) is 15.0. The monoisotopic (exact) mass is 386 g/mol. The molecular formula is C19H22N4O3S. The fourth-order valence-corrected chi connectivity index (χ4v) is 4.33. The maximum atomic E-state index is 12.7. The van der Waals surface area contributed by atoms with E-state index < -0.39 is 0 Å². The first-order valence-corrected chi connectivity index (χ1v) is 10.4. The average Bonchev–Trinajstić information content (AvgIpc) is 3.22. The second-order valence-electron chi connectivity index (χ2n) is 6.66. The van der Waals surface area contributed by atoms with Crippen LogP contribution < -0.4 is 9.47 Å². The summed E-state index contributed by atoms with van der Waals surface area (Å²) in [7, 11) is 0. The summed E-state index contributed by atoms with van der Waals surface area (Å²) in [6.07, 6.45) is 6.12. The van der Waals surface area contributed by atoms with Crippen LogP contribution in [-0.2, 0) is 0 Å². The first kappa shape index (κ1) is 18.0. The summed E-state index contributed by atoms with van der Waals surface area (Å²) in [6.45, 7) is 1.31. The molecule has 0 bridgehead atoms. The van der Waals surface area contributed by atoms with E-state index in [1.165, 1.54) is 0 Å². The summed E-state index contributed by atoms with van der Waals surface area (Å²) in [5.74, 6) is 3.27. The number of ether oxygens (including phenoxy) is 2. The minimum Gasteiger partial charge on any atom is -0.473 e. The molecule has 0 radical (unpaired) electrons. The van der Waals surface area contributed by atoms with E-state index in [1.807, 2.05) is 16.7 Å². The molecule has 4 rings (SSSR count). The maximum absolute atomic E-state index is 12.7. The molecule has 0 saturated carbocycles. The number of rotatable bonds is 5. The second kappa shape index (κ2) is 8.56. The Hall–Kier alpha value is -2.35. The Kier molecular flexibility index (Phi) is 5.72. The van der Waals surface area contributed by atoms with Crippen molar-refractivity contribution >= 4 is 17.7 Å². The number of piperidine rings is 1. The van der Waals surface area contributed by atoms with Crippen LogP contribution in [0.25, 0.3) is 0 Å². The summed E-state index contributed by atoms with van der Waals surface area (Å²) in [5, 5.41) is 7.76. The smallest absolute Gasteiger partial charge is 0.255 e. The SMILES string of the molecule is O=C(c1ccc(O[C@H]2CCSC2)nc1)N1CCC(Oc2cccnn2)CC1. The van der Waals surface area contributed by atoms with Crippen LogP contribution in [0.2, 0.25) is 0 Å². The molecule has 8 heteroatoms. The van der Waals surface area contributed by atoms with Crippen molar-refractivity contribution in [3.8, 4) is 11.8 Å². The molecule has 2 aliphatic rings. The highest BCUT2D eigenvalue weighted by Gasteiger charge is 2.25. The van der Waals surface area contributed by atoms with Gasteiger partial charge in [-0.3, -0.25) is 4.79 Å². The van der Waals surface area contributed by atoms with E-state index in [9.17, 15) is 4.79 Å². The molecule has 0 spiro atoms. The highest BCUT2D eigenvalue weighted by Crippen LogP contribution is 2.23. The van der Waals surface area contributed by atoms with Gasteiger partial charge in [-0.05, 0) is 24.3 Å². The molecule has 142 valence electrons. The molecule has 27 heavy (non-hydrogen) atoms. The van der Waals surface area contributed by atoms with Crippen molar-refractivity contribution in [2.75, 3.05) is 24.6 Å². The number of hydrogen-bond donors (Lipinski definition) is 0. The molecule has 2 fully saturated rings. The van der Waals surface area contributed by atoms with Crippen LogP contribution in [0.5, 0.6) is 11.8 Å².